The highest BCUT2D eigenvalue weighted by Gasteiger charge is 2.36. The van der Waals surface area contributed by atoms with Crippen LogP contribution in [0.1, 0.15) is 18.4 Å². The molecule has 2 rings (SSSR count). The Balaban J connectivity index is 2.00. The molecule has 0 spiro atoms. The molecule has 0 amide bonds. The van der Waals surface area contributed by atoms with Gasteiger partial charge in [-0.1, -0.05) is 6.07 Å². The van der Waals surface area contributed by atoms with Crippen molar-refractivity contribution in [2.45, 2.75) is 19.3 Å². The van der Waals surface area contributed by atoms with Crippen LogP contribution in [-0.4, -0.2) is 36.0 Å². The molecule has 0 aromatic carbocycles. The average Bonchev–Trinajstić information content (AvgIpc) is 2.71. The third-order valence-corrected chi connectivity index (χ3v) is 5.41. The fraction of sp³-hybridized carbons (Fsp3) is 0.538. The first-order valence-electron chi connectivity index (χ1n) is 6.30. The van der Waals surface area contributed by atoms with Crippen LogP contribution in [0.5, 0.6) is 0 Å². The Kier molecular flexibility index (Phi) is 4.19. The number of carboxylic acids is 1. The number of aromatic nitrogens is 1. The Morgan fingerprint density at radius 3 is 2.84 bits per heavy atom. The maximum absolute atomic E-state index is 11.4. The Bertz CT molecular complexity index is 541. The number of carbonyl (C=O) groups is 1. The van der Waals surface area contributed by atoms with Crippen LogP contribution in [0, 0.1) is 11.8 Å². The zero-order valence-corrected chi connectivity index (χ0v) is 11.3. The summed E-state index contributed by atoms with van der Waals surface area (Å²) in [6.45, 7) is 0. The molecule has 1 aliphatic heterocycles. The number of nitrogens with zero attached hydrogens (tertiary/aromatic N) is 1. The number of carboxylic acid groups (broad SMARTS) is 1. The molecule has 1 aliphatic rings. The average molecular weight is 283 g/mol. The minimum Gasteiger partial charge on any atom is -0.481 e. The van der Waals surface area contributed by atoms with E-state index in [-0.39, 0.29) is 17.4 Å². The molecular formula is C13H17NO4S. The molecule has 2 unspecified atom stereocenters. The highest BCUT2D eigenvalue weighted by molar-refractivity contribution is 7.91. The molecule has 5 nitrogen and oxygen atoms in total. The molecule has 2 heterocycles. The molecule has 1 saturated heterocycles. The molecule has 19 heavy (non-hydrogen) atoms. The second kappa shape index (κ2) is 5.69. The van der Waals surface area contributed by atoms with Crippen molar-refractivity contribution in [1.29, 1.82) is 0 Å². The second-order valence-electron chi connectivity index (χ2n) is 5.01. The molecule has 1 fully saturated rings. The highest BCUT2D eigenvalue weighted by atomic mass is 32.2. The van der Waals surface area contributed by atoms with Gasteiger partial charge >= 0.3 is 5.97 Å². The van der Waals surface area contributed by atoms with Gasteiger partial charge in [-0.3, -0.25) is 9.78 Å². The van der Waals surface area contributed by atoms with Gasteiger partial charge in [-0.05, 0) is 36.8 Å². The molecule has 1 aromatic heterocycles. The lowest BCUT2D eigenvalue weighted by Crippen LogP contribution is -2.25. The van der Waals surface area contributed by atoms with Crippen LogP contribution in [0.15, 0.2) is 24.5 Å². The topological polar surface area (TPSA) is 84.3 Å². The molecule has 0 radical (unpaired) electrons. The van der Waals surface area contributed by atoms with Crippen molar-refractivity contribution < 1.29 is 18.3 Å². The number of pyridine rings is 1. The first kappa shape index (κ1) is 14.0. The standard InChI is InChI=1S/C13H17NO4S/c15-13(16)12(11-5-7-19(17,18)9-11)4-3-10-2-1-6-14-8-10/h1-2,6,8,11-12H,3-5,7,9H2,(H,15,16). The van der Waals surface area contributed by atoms with E-state index < -0.39 is 21.7 Å². The molecule has 2 atom stereocenters. The van der Waals surface area contributed by atoms with Gasteiger partial charge in [-0.25, -0.2) is 8.42 Å². The van der Waals surface area contributed by atoms with Gasteiger partial charge < -0.3 is 5.11 Å². The third kappa shape index (κ3) is 3.76. The van der Waals surface area contributed by atoms with Crippen molar-refractivity contribution in [3.63, 3.8) is 0 Å². The quantitative estimate of drug-likeness (QED) is 0.876. The first-order chi connectivity index (χ1) is 8.98. The number of hydrogen-bond acceptors (Lipinski definition) is 4. The maximum atomic E-state index is 11.4. The van der Waals surface area contributed by atoms with Gasteiger partial charge in [-0.15, -0.1) is 0 Å². The highest BCUT2D eigenvalue weighted by Crippen LogP contribution is 2.29. The predicted molar refractivity (Wildman–Crippen MR) is 70.4 cm³/mol. The van der Waals surface area contributed by atoms with Crippen molar-refractivity contribution in [3.8, 4) is 0 Å². The van der Waals surface area contributed by atoms with E-state index >= 15 is 0 Å². The van der Waals surface area contributed by atoms with Gasteiger partial charge in [0.15, 0.2) is 9.84 Å². The van der Waals surface area contributed by atoms with Gasteiger partial charge in [0.1, 0.15) is 0 Å². The van der Waals surface area contributed by atoms with Crippen molar-refractivity contribution in [2.24, 2.45) is 11.8 Å². The van der Waals surface area contributed by atoms with Crippen LogP contribution in [-0.2, 0) is 21.1 Å². The van der Waals surface area contributed by atoms with Crippen molar-refractivity contribution >= 4 is 15.8 Å². The van der Waals surface area contributed by atoms with Crippen LogP contribution in [0.2, 0.25) is 0 Å². The summed E-state index contributed by atoms with van der Waals surface area (Å²) >= 11 is 0. The van der Waals surface area contributed by atoms with E-state index in [1.165, 1.54) is 0 Å². The maximum Gasteiger partial charge on any atom is 0.306 e. The second-order valence-corrected chi connectivity index (χ2v) is 7.24. The molecule has 104 valence electrons. The van der Waals surface area contributed by atoms with Crippen LogP contribution in [0.25, 0.3) is 0 Å². The van der Waals surface area contributed by atoms with Crippen molar-refractivity contribution in [3.05, 3.63) is 30.1 Å². The zero-order chi connectivity index (χ0) is 13.9. The minimum atomic E-state index is -3.03. The number of aryl methyl sites for hydroxylation is 1. The lowest BCUT2D eigenvalue weighted by atomic mass is 9.87. The molecule has 0 saturated carbocycles. The van der Waals surface area contributed by atoms with E-state index in [1.807, 2.05) is 12.1 Å². The summed E-state index contributed by atoms with van der Waals surface area (Å²) in [6.07, 6.45) is 4.92. The number of sulfone groups is 1. The van der Waals surface area contributed by atoms with E-state index in [2.05, 4.69) is 4.98 Å². The Morgan fingerprint density at radius 2 is 2.32 bits per heavy atom. The summed E-state index contributed by atoms with van der Waals surface area (Å²) in [6, 6.07) is 3.71. The van der Waals surface area contributed by atoms with E-state index in [4.69, 9.17) is 0 Å². The smallest absolute Gasteiger partial charge is 0.306 e. The fourth-order valence-corrected chi connectivity index (χ4v) is 4.45. The van der Waals surface area contributed by atoms with Crippen LogP contribution >= 0.6 is 0 Å². The van der Waals surface area contributed by atoms with Crippen LogP contribution in [0.4, 0.5) is 0 Å². The van der Waals surface area contributed by atoms with Crippen LogP contribution in [0.3, 0.4) is 0 Å². The molecular weight excluding hydrogens is 266 g/mol. The minimum absolute atomic E-state index is 0.0109. The van der Waals surface area contributed by atoms with Crippen molar-refractivity contribution in [1.82, 2.24) is 4.98 Å². The summed E-state index contributed by atoms with van der Waals surface area (Å²) in [5, 5.41) is 9.27. The lowest BCUT2D eigenvalue weighted by Gasteiger charge is -2.17. The van der Waals surface area contributed by atoms with Crippen LogP contribution < -0.4 is 0 Å². The molecule has 0 bridgehead atoms. The number of hydrogen-bond donors (Lipinski definition) is 1. The Hall–Kier alpha value is -1.43. The predicted octanol–water partition coefficient (Wildman–Crippen LogP) is 1.15. The lowest BCUT2D eigenvalue weighted by molar-refractivity contribution is -0.143. The van der Waals surface area contributed by atoms with Gasteiger partial charge in [-0.2, -0.15) is 0 Å². The molecule has 0 aliphatic carbocycles. The van der Waals surface area contributed by atoms with E-state index in [9.17, 15) is 18.3 Å². The summed E-state index contributed by atoms with van der Waals surface area (Å²) in [5.41, 5.74) is 0.981. The molecule has 1 N–H and O–H groups in total. The van der Waals surface area contributed by atoms with Gasteiger partial charge in [0, 0.05) is 12.4 Å². The fourth-order valence-electron chi connectivity index (χ4n) is 2.57. The van der Waals surface area contributed by atoms with Gasteiger partial charge in [0.05, 0.1) is 17.4 Å². The van der Waals surface area contributed by atoms with Crippen molar-refractivity contribution in [2.75, 3.05) is 11.5 Å². The number of rotatable bonds is 5. The van der Waals surface area contributed by atoms with Gasteiger partial charge in [0.2, 0.25) is 0 Å². The molecule has 6 heteroatoms. The normalized spacial score (nSPS) is 23.1. The van der Waals surface area contributed by atoms with E-state index in [0.717, 1.165) is 5.56 Å². The van der Waals surface area contributed by atoms with E-state index in [1.54, 1.807) is 12.4 Å². The zero-order valence-electron chi connectivity index (χ0n) is 10.5. The monoisotopic (exact) mass is 283 g/mol. The summed E-state index contributed by atoms with van der Waals surface area (Å²) in [7, 11) is -3.03. The summed E-state index contributed by atoms with van der Waals surface area (Å²) in [5.74, 6) is -1.60. The SMILES string of the molecule is O=C(O)C(CCc1cccnc1)C1CCS(=O)(=O)C1. The van der Waals surface area contributed by atoms with E-state index in [0.29, 0.717) is 19.3 Å². The first-order valence-corrected chi connectivity index (χ1v) is 8.12. The number of aliphatic carboxylic acids is 1. The third-order valence-electron chi connectivity index (χ3n) is 3.62. The summed E-state index contributed by atoms with van der Waals surface area (Å²) < 4.78 is 22.9. The van der Waals surface area contributed by atoms with Gasteiger partial charge in [0.25, 0.3) is 0 Å². The molecule has 1 aromatic rings. The largest absolute Gasteiger partial charge is 0.481 e. The summed E-state index contributed by atoms with van der Waals surface area (Å²) in [4.78, 5) is 15.3. The Morgan fingerprint density at radius 1 is 1.53 bits per heavy atom. The Labute approximate surface area is 112 Å².